The highest BCUT2D eigenvalue weighted by molar-refractivity contribution is 7.95. The van der Waals surface area contributed by atoms with Crippen LogP contribution in [0.1, 0.15) is 20.3 Å². The largest absolute Gasteiger partial charge is 0.478 e. The molecule has 3 rings (SSSR count). The highest BCUT2D eigenvalue weighted by atomic mass is 35.5. The molecule has 0 saturated heterocycles. The fraction of sp³-hybridized carbons (Fsp3) is 0.421. The molecule has 11 nitrogen and oxygen atoms in total. The molecule has 1 aliphatic rings. The van der Waals surface area contributed by atoms with E-state index in [2.05, 4.69) is 35.8 Å². The van der Waals surface area contributed by atoms with Gasteiger partial charge in [0.2, 0.25) is 0 Å². The van der Waals surface area contributed by atoms with E-state index in [0.29, 0.717) is 11.9 Å². The minimum Gasteiger partial charge on any atom is -0.478 e. The lowest BCUT2D eigenvalue weighted by Gasteiger charge is -2.24. The topological polar surface area (TPSA) is 149 Å². The Labute approximate surface area is 197 Å². The first-order valence-electron chi connectivity index (χ1n) is 9.94. The number of nitrogens with one attached hydrogen (secondary N) is 2. The molecule has 1 atom stereocenters. The molecule has 178 valence electrons. The summed E-state index contributed by atoms with van der Waals surface area (Å²) in [4.78, 5) is 13.0. The van der Waals surface area contributed by atoms with E-state index in [4.69, 9.17) is 16.3 Å². The summed E-state index contributed by atoms with van der Waals surface area (Å²) < 4.78 is 43.0. The molecule has 1 unspecified atom stereocenters. The lowest BCUT2D eigenvalue weighted by Crippen LogP contribution is -2.31. The summed E-state index contributed by atoms with van der Waals surface area (Å²) in [6, 6.07) is -0.568. The van der Waals surface area contributed by atoms with Gasteiger partial charge >= 0.3 is 0 Å². The van der Waals surface area contributed by atoms with E-state index in [1.807, 2.05) is 6.08 Å². The standard InChI is InChI=1S/C19H25ClN7O4PS/c1-11(2)33(29,30)13-9-7-6-8-12(13)22-16-15(20)26-27-19(24-16)25-17-18(31-3)23-14(10-21-17)32(4,5)28/h6-7,9-12H,8H2,1-5H3,(H2,21,22,24,25,27). The summed E-state index contributed by atoms with van der Waals surface area (Å²) >= 11 is 6.18. The van der Waals surface area contributed by atoms with Gasteiger partial charge in [-0.1, -0.05) is 23.8 Å². The van der Waals surface area contributed by atoms with Crippen molar-refractivity contribution in [2.75, 3.05) is 31.1 Å². The van der Waals surface area contributed by atoms with Crippen molar-refractivity contribution >= 4 is 51.6 Å². The summed E-state index contributed by atoms with van der Waals surface area (Å²) in [5.41, 5.74) is 0.318. The fourth-order valence-electron chi connectivity index (χ4n) is 2.88. The Morgan fingerprint density at radius 1 is 1.21 bits per heavy atom. The Morgan fingerprint density at radius 3 is 2.58 bits per heavy atom. The molecule has 0 aliphatic heterocycles. The number of rotatable bonds is 8. The van der Waals surface area contributed by atoms with Crippen LogP contribution in [0.3, 0.4) is 0 Å². The average molecular weight is 514 g/mol. The van der Waals surface area contributed by atoms with Gasteiger partial charge in [-0.25, -0.2) is 18.4 Å². The van der Waals surface area contributed by atoms with E-state index in [9.17, 15) is 13.0 Å². The highest BCUT2D eigenvalue weighted by Crippen LogP contribution is 2.35. The average Bonchev–Trinajstić information content (AvgIpc) is 2.75. The molecule has 0 radical (unpaired) electrons. The zero-order valence-electron chi connectivity index (χ0n) is 18.8. The van der Waals surface area contributed by atoms with Crippen LogP contribution in [0.5, 0.6) is 5.88 Å². The molecule has 2 heterocycles. The maximum atomic E-state index is 12.8. The third kappa shape index (κ3) is 5.69. The molecule has 0 aromatic carbocycles. The SMILES string of the molecule is COc1nc(P(C)(C)=O)cnc1Nc1nnc(Cl)c(NC2CC=CC=C2S(=O)(=O)C(C)C)n1. The summed E-state index contributed by atoms with van der Waals surface area (Å²) in [6.07, 6.45) is 6.94. The molecule has 2 aromatic heterocycles. The van der Waals surface area contributed by atoms with Gasteiger partial charge < -0.3 is 19.9 Å². The number of aromatic nitrogens is 5. The lowest BCUT2D eigenvalue weighted by atomic mass is 10.1. The second-order valence-electron chi connectivity index (χ2n) is 7.86. The number of ether oxygens (including phenoxy) is 1. The van der Waals surface area contributed by atoms with Gasteiger partial charge in [-0.3, -0.25) is 0 Å². The van der Waals surface area contributed by atoms with Crippen molar-refractivity contribution in [2.45, 2.75) is 31.6 Å². The van der Waals surface area contributed by atoms with Gasteiger partial charge in [-0.05, 0) is 39.7 Å². The number of sulfone groups is 1. The molecular weight excluding hydrogens is 489 g/mol. The Morgan fingerprint density at radius 2 is 1.94 bits per heavy atom. The first-order valence-corrected chi connectivity index (χ1v) is 14.5. The van der Waals surface area contributed by atoms with E-state index in [0.717, 1.165) is 0 Å². The van der Waals surface area contributed by atoms with Crippen LogP contribution in [0.4, 0.5) is 17.6 Å². The van der Waals surface area contributed by atoms with Crippen molar-refractivity contribution in [3.63, 3.8) is 0 Å². The first-order chi connectivity index (χ1) is 15.4. The van der Waals surface area contributed by atoms with Gasteiger partial charge in [0.1, 0.15) is 12.6 Å². The van der Waals surface area contributed by atoms with Crippen LogP contribution in [0.25, 0.3) is 0 Å². The van der Waals surface area contributed by atoms with Crippen molar-refractivity contribution in [2.24, 2.45) is 0 Å². The molecule has 2 aromatic rings. The predicted molar refractivity (Wildman–Crippen MR) is 129 cm³/mol. The van der Waals surface area contributed by atoms with Crippen LogP contribution < -0.4 is 20.8 Å². The zero-order valence-corrected chi connectivity index (χ0v) is 21.2. The van der Waals surface area contributed by atoms with E-state index in [1.54, 1.807) is 39.3 Å². The van der Waals surface area contributed by atoms with Gasteiger partial charge in [0.05, 0.1) is 29.5 Å². The van der Waals surface area contributed by atoms with E-state index >= 15 is 0 Å². The lowest BCUT2D eigenvalue weighted by molar-refractivity contribution is 0.399. The highest BCUT2D eigenvalue weighted by Gasteiger charge is 2.30. The fourth-order valence-corrected chi connectivity index (χ4v) is 5.05. The van der Waals surface area contributed by atoms with Crippen molar-refractivity contribution in [1.82, 2.24) is 25.1 Å². The molecule has 0 amide bonds. The Bertz CT molecular complexity index is 1260. The Kier molecular flexibility index (Phi) is 7.40. The molecule has 0 spiro atoms. The van der Waals surface area contributed by atoms with Crippen molar-refractivity contribution in [3.8, 4) is 5.88 Å². The first kappa shape index (κ1) is 25.1. The second-order valence-corrected chi connectivity index (χ2v) is 13.9. The monoisotopic (exact) mass is 513 g/mol. The van der Waals surface area contributed by atoms with Crippen molar-refractivity contribution < 1.29 is 17.7 Å². The molecule has 1 aliphatic carbocycles. The van der Waals surface area contributed by atoms with Crippen LogP contribution in [0.2, 0.25) is 5.15 Å². The van der Waals surface area contributed by atoms with Crippen LogP contribution in [-0.4, -0.2) is 65.3 Å². The van der Waals surface area contributed by atoms with Gasteiger partial charge in [0.15, 0.2) is 26.6 Å². The summed E-state index contributed by atoms with van der Waals surface area (Å²) in [7, 11) is -4.73. The van der Waals surface area contributed by atoms with Crippen LogP contribution in [0, 0.1) is 0 Å². The van der Waals surface area contributed by atoms with E-state index in [-0.39, 0.29) is 33.5 Å². The number of hydrogen-bond acceptors (Lipinski definition) is 11. The van der Waals surface area contributed by atoms with Gasteiger partial charge in [0.25, 0.3) is 11.8 Å². The number of anilines is 3. The molecule has 0 saturated carbocycles. The maximum Gasteiger partial charge on any atom is 0.258 e. The zero-order chi connectivity index (χ0) is 24.4. The number of methoxy groups -OCH3 is 1. The van der Waals surface area contributed by atoms with Gasteiger partial charge in [-0.15, -0.1) is 10.2 Å². The Hall–Kier alpha value is -2.56. The molecular formula is C19H25ClN7O4PS. The van der Waals surface area contributed by atoms with Crippen LogP contribution in [-0.2, 0) is 14.4 Å². The number of hydrogen-bond donors (Lipinski definition) is 2. The quantitative estimate of drug-likeness (QED) is 0.501. The third-order valence-corrected chi connectivity index (χ3v) is 8.61. The summed E-state index contributed by atoms with van der Waals surface area (Å²) in [5.74, 6) is 0.472. The van der Waals surface area contributed by atoms with Crippen LogP contribution in [0.15, 0.2) is 29.3 Å². The number of halogens is 1. The molecule has 14 heteroatoms. The third-order valence-electron chi connectivity index (χ3n) is 4.72. The molecule has 33 heavy (non-hydrogen) atoms. The molecule has 2 N–H and O–H groups in total. The maximum absolute atomic E-state index is 12.8. The smallest absolute Gasteiger partial charge is 0.258 e. The van der Waals surface area contributed by atoms with Crippen molar-refractivity contribution in [3.05, 3.63) is 34.5 Å². The number of nitrogens with zero attached hydrogens (tertiary/aromatic N) is 5. The normalized spacial score (nSPS) is 16.5. The Balaban J connectivity index is 1.89. The minimum absolute atomic E-state index is 0.0253. The van der Waals surface area contributed by atoms with Gasteiger partial charge in [-0.2, -0.15) is 4.98 Å². The molecule has 0 bridgehead atoms. The van der Waals surface area contributed by atoms with Gasteiger partial charge in [0, 0.05) is 0 Å². The van der Waals surface area contributed by atoms with Crippen molar-refractivity contribution in [1.29, 1.82) is 0 Å². The second kappa shape index (κ2) is 9.74. The number of allylic oxidation sites excluding steroid dienone is 2. The minimum atomic E-state index is -3.50. The summed E-state index contributed by atoms with van der Waals surface area (Å²) in [6.45, 7) is 6.41. The van der Waals surface area contributed by atoms with E-state index in [1.165, 1.54) is 13.3 Å². The molecule has 0 fully saturated rings. The van der Waals surface area contributed by atoms with E-state index < -0.39 is 28.3 Å². The van der Waals surface area contributed by atoms with Crippen LogP contribution >= 0.6 is 18.7 Å². The summed E-state index contributed by atoms with van der Waals surface area (Å²) in [5, 5.41) is 13.1. The predicted octanol–water partition coefficient (Wildman–Crippen LogP) is 2.76.